The zero-order chi connectivity index (χ0) is 19.4. The normalized spacial score (nSPS) is 10.6. The Kier molecular flexibility index (Phi) is 5.30. The third-order valence-corrected chi connectivity index (χ3v) is 4.15. The third-order valence-electron chi connectivity index (χ3n) is 4.15. The third kappa shape index (κ3) is 3.87. The summed E-state index contributed by atoms with van der Waals surface area (Å²) in [6, 6.07) is 16.1. The summed E-state index contributed by atoms with van der Waals surface area (Å²) in [5.41, 5.74) is 1.25. The van der Waals surface area contributed by atoms with Gasteiger partial charge in [0.1, 0.15) is 6.54 Å². The molecule has 7 nitrogen and oxygen atoms in total. The van der Waals surface area contributed by atoms with Crippen molar-refractivity contribution in [2.75, 3.05) is 16.8 Å². The molecule has 0 atom stereocenters. The monoisotopic (exact) mass is 364 g/mol. The summed E-state index contributed by atoms with van der Waals surface area (Å²) in [6.45, 7) is 3.28. The van der Waals surface area contributed by atoms with Crippen LogP contribution in [0.5, 0.6) is 0 Å². The molecule has 0 aliphatic rings. The fraction of sp³-hybridized carbons (Fsp3) is 0.200. The predicted molar refractivity (Wildman–Crippen MR) is 105 cm³/mol. The zero-order valence-corrected chi connectivity index (χ0v) is 15.2. The summed E-state index contributed by atoms with van der Waals surface area (Å²) in [5.74, 6) is -0.592. The minimum Gasteiger partial charge on any atom is -0.325 e. The fourth-order valence-electron chi connectivity index (χ4n) is 2.90. The van der Waals surface area contributed by atoms with E-state index in [1.54, 1.807) is 43.3 Å². The molecule has 0 unspecified atom stereocenters. The van der Waals surface area contributed by atoms with Crippen LogP contribution in [0.3, 0.4) is 0 Å². The first kappa shape index (κ1) is 18.3. The molecule has 27 heavy (non-hydrogen) atoms. The van der Waals surface area contributed by atoms with Crippen LogP contribution in [0.1, 0.15) is 13.8 Å². The lowest BCUT2D eigenvalue weighted by Gasteiger charge is -2.19. The van der Waals surface area contributed by atoms with Crippen LogP contribution in [-0.2, 0) is 16.1 Å². The summed E-state index contributed by atoms with van der Waals surface area (Å²) in [4.78, 5) is 43.1. The van der Waals surface area contributed by atoms with Gasteiger partial charge in [0.25, 0.3) is 5.56 Å². The molecule has 0 saturated heterocycles. The molecule has 0 radical (unpaired) electrons. The van der Waals surface area contributed by atoms with Crippen LogP contribution >= 0.6 is 0 Å². The van der Waals surface area contributed by atoms with Crippen molar-refractivity contribution in [2.45, 2.75) is 20.4 Å². The van der Waals surface area contributed by atoms with Crippen LogP contribution in [0.4, 0.5) is 11.5 Å². The summed E-state index contributed by atoms with van der Waals surface area (Å²) >= 11 is 0. The zero-order valence-electron chi connectivity index (χ0n) is 15.2. The highest BCUT2D eigenvalue weighted by Gasteiger charge is 2.20. The van der Waals surface area contributed by atoms with Gasteiger partial charge in [0.2, 0.25) is 17.6 Å². The minimum absolute atomic E-state index is 0.0243. The highest BCUT2D eigenvalue weighted by atomic mass is 16.2. The van der Waals surface area contributed by atoms with Gasteiger partial charge >= 0.3 is 0 Å². The number of anilines is 2. The Morgan fingerprint density at radius 1 is 1.07 bits per heavy atom. The van der Waals surface area contributed by atoms with Crippen LogP contribution in [-0.4, -0.2) is 27.9 Å². The number of para-hydroxylation sites is 3. The average molecular weight is 364 g/mol. The maximum atomic E-state index is 13.0. The van der Waals surface area contributed by atoms with Crippen LogP contribution in [0, 0.1) is 0 Å². The highest BCUT2D eigenvalue weighted by molar-refractivity contribution is 5.93. The summed E-state index contributed by atoms with van der Waals surface area (Å²) in [5, 5.41) is 2.77. The molecular weight excluding hydrogens is 344 g/mol. The number of nitrogens with zero attached hydrogens (tertiary/aromatic N) is 3. The first-order chi connectivity index (χ1) is 13.0. The smallest absolute Gasteiger partial charge is 0.294 e. The summed E-state index contributed by atoms with van der Waals surface area (Å²) in [7, 11) is 0. The maximum Gasteiger partial charge on any atom is 0.294 e. The van der Waals surface area contributed by atoms with Crippen molar-refractivity contribution in [3.63, 3.8) is 0 Å². The molecule has 0 aliphatic heterocycles. The number of carbonyl (C=O) groups excluding carboxylic acids is 2. The van der Waals surface area contributed by atoms with Crippen LogP contribution in [0.15, 0.2) is 59.4 Å². The number of hydrogen-bond donors (Lipinski definition) is 1. The number of benzene rings is 2. The van der Waals surface area contributed by atoms with Gasteiger partial charge in [-0.2, -0.15) is 0 Å². The first-order valence-corrected chi connectivity index (χ1v) is 8.64. The highest BCUT2D eigenvalue weighted by Crippen LogP contribution is 2.15. The van der Waals surface area contributed by atoms with Gasteiger partial charge in [-0.1, -0.05) is 30.3 Å². The van der Waals surface area contributed by atoms with E-state index in [4.69, 9.17) is 0 Å². The van der Waals surface area contributed by atoms with Crippen molar-refractivity contribution >= 4 is 34.4 Å². The van der Waals surface area contributed by atoms with Gasteiger partial charge in [-0.15, -0.1) is 0 Å². The largest absolute Gasteiger partial charge is 0.325 e. The molecule has 0 aliphatic carbocycles. The van der Waals surface area contributed by atoms with Gasteiger partial charge in [0.05, 0.1) is 11.0 Å². The van der Waals surface area contributed by atoms with Crippen LogP contribution < -0.4 is 15.8 Å². The van der Waals surface area contributed by atoms with E-state index < -0.39 is 5.56 Å². The molecule has 0 saturated carbocycles. The van der Waals surface area contributed by atoms with E-state index in [1.807, 2.05) is 18.2 Å². The van der Waals surface area contributed by atoms with E-state index >= 15 is 0 Å². The number of fused-ring (bicyclic) bond motifs is 1. The molecule has 0 spiro atoms. The number of aromatic nitrogens is 2. The Labute approximate surface area is 156 Å². The lowest BCUT2D eigenvalue weighted by atomic mass is 10.2. The lowest BCUT2D eigenvalue weighted by Crippen LogP contribution is -2.38. The van der Waals surface area contributed by atoms with Crippen molar-refractivity contribution < 1.29 is 9.59 Å². The van der Waals surface area contributed by atoms with Crippen molar-refractivity contribution in [3.8, 4) is 0 Å². The van der Waals surface area contributed by atoms with E-state index in [-0.39, 0.29) is 24.2 Å². The number of rotatable bonds is 5. The fourth-order valence-corrected chi connectivity index (χ4v) is 2.90. The Morgan fingerprint density at radius 3 is 2.41 bits per heavy atom. The molecule has 138 valence electrons. The molecule has 1 aromatic heterocycles. The maximum absolute atomic E-state index is 13.0. The quantitative estimate of drug-likeness (QED) is 0.753. The van der Waals surface area contributed by atoms with Gasteiger partial charge in [-0.25, -0.2) is 4.98 Å². The van der Waals surface area contributed by atoms with Crippen LogP contribution in [0.2, 0.25) is 0 Å². The number of hydrogen-bond acceptors (Lipinski definition) is 4. The predicted octanol–water partition coefficient (Wildman–Crippen LogP) is 2.41. The molecule has 2 aromatic carbocycles. The molecule has 3 rings (SSSR count). The Bertz CT molecular complexity index is 1040. The van der Waals surface area contributed by atoms with E-state index in [0.717, 1.165) is 0 Å². The van der Waals surface area contributed by atoms with Gasteiger partial charge in [0, 0.05) is 19.2 Å². The lowest BCUT2D eigenvalue weighted by molar-refractivity contribution is -0.117. The SMILES string of the molecule is CCN(C(C)=O)c1nc2ccccc2n(CC(=O)Nc2ccccc2)c1=O. The van der Waals surface area contributed by atoms with Gasteiger partial charge < -0.3 is 5.32 Å². The molecule has 2 amide bonds. The van der Waals surface area contributed by atoms with Gasteiger partial charge in [-0.3, -0.25) is 23.9 Å². The van der Waals surface area contributed by atoms with Gasteiger partial charge in [0.15, 0.2) is 0 Å². The molecule has 1 N–H and O–H groups in total. The number of nitrogens with one attached hydrogen (secondary N) is 1. The van der Waals surface area contributed by atoms with Crippen molar-refractivity contribution in [1.29, 1.82) is 0 Å². The van der Waals surface area contributed by atoms with Crippen LogP contribution in [0.25, 0.3) is 11.0 Å². The summed E-state index contributed by atoms with van der Waals surface area (Å²) in [6.07, 6.45) is 0. The second-order valence-corrected chi connectivity index (χ2v) is 5.99. The molecular formula is C20H20N4O3. The first-order valence-electron chi connectivity index (χ1n) is 8.64. The van der Waals surface area contributed by atoms with Crippen molar-refractivity contribution in [2.24, 2.45) is 0 Å². The van der Waals surface area contributed by atoms with E-state index in [9.17, 15) is 14.4 Å². The Hall–Kier alpha value is -3.48. The summed E-state index contributed by atoms with van der Waals surface area (Å²) < 4.78 is 1.35. The molecule has 1 heterocycles. The molecule has 7 heteroatoms. The number of carbonyl (C=O) groups is 2. The minimum atomic E-state index is -0.478. The topological polar surface area (TPSA) is 84.3 Å². The van der Waals surface area contributed by atoms with E-state index in [0.29, 0.717) is 23.3 Å². The second-order valence-electron chi connectivity index (χ2n) is 5.99. The second kappa shape index (κ2) is 7.82. The number of amides is 2. The molecule has 0 bridgehead atoms. The average Bonchev–Trinajstić information content (AvgIpc) is 2.66. The van der Waals surface area contributed by atoms with Crippen molar-refractivity contribution in [3.05, 3.63) is 65.0 Å². The molecule has 3 aromatic rings. The molecule has 0 fully saturated rings. The Balaban J connectivity index is 2.05. The standard InChI is InChI=1S/C20H20N4O3/c1-3-23(14(2)25)19-20(27)24(17-12-8-7-11-16(17)22-19)13-18(26)21-15-9-5-4-6-10-15/h4-12H,3,13H2,1-2H3,(H,21,26). The van der Waals surface area contributed by atoms with Gasteiger partial charge in [-0.05, 0) is 31.2 Å². The van der Waals surface area contributed by atoms with E-state index in [2.05, 4.69) is 10.3 Å². The van der Waals surface area contributed by atoms with E-state index in [1.165, 1.54) is 16.4 Å². The van der Waals surface area contributed by atoms with Crippen molar-refractivity contribution in [1.82, 2.24) is 9.55 Å². The Morgan fingerprint density at radius 2 is 1.74 bits per heavy atom.